The third-order valence-corrected chi connectivity index (χ3v) is 3.55. The number of nitriles is 1. The van der Waals surface area contributed by atoms with Crippen LogP contribution in [-0.2, 0) is 6.54 Å². The van der Waals surface area contributed by atoms with E-state index in [0.717, 1.165) is 31.1 Å². The van der Waals surface area contributed by atoms with Crippen molar-refractivity contribution in [3.8, 4) is 6.07 Å². The van der Waals surface area contributed by atoms with Crippen LogP contribution in [0.1, 0.15) is 12.0 Å². The van der Waals surface area contributed by atoms with Crippen LogP contribution in [0.15, 0.2) is 30.5 Å². The SMILES string of the molecule is N#Cc1ccc2ccn(CCC3CNC3)c2c1. The molecular weight excluding hydrogens is 210 g/mol. The Morgan fingerprint density at radius 3 is 2.94 bits per heavy atom. The molecule has 0 atom stereocenters. The fraction of sp³-hybridized carbons (Fsp3) is 0.357. The van der Waals surface area contributed by atoms with Crippen LogP contribution < -0.4 is 5.32 Å². The zero-order valence-corrected chi connectivity index (χ0v) is 9.69. The fourth-order valence-corrected chi connectivity index (χ4v) is 2.32. The lowest BCUT2D eigenvalue weighted by atomic mass is 9.99. The van der Waals surface area contributed by atoms with Crippen molar-refractivity contribution in [2.45, 2.75) is 13.0 Å². The maximum Gasteiger partial charge on any atom is 0.0992 e. The molecule has 2 heterocycles. The number of aromatic nitrogens is 1. The molecule has 86 valence electrons. The monoisotopic (exact) mass is 225 g/mol. The van der Waals surface area contributed by atoms with Crippen LogP contribution in [-0.4, -0.2) is 17.7 Å². The van der Waals surface area contributed by atoms with Gasteiger partial charge in [-0.3, -0.25) is 0 Å². The lowest BCUT2D eigenvalue weighted by Gasteiger charge is -2.27. The topological polar surface area (TPSA) is 40.8 Å². The van der Waals surface area contributed by atoms with Crippen molar-refractivity contribution in [1.29, 1.82) is 5.26 Å². The van der Waals surface area contributed by atoms with Gasteiger partial charge in [0, 0.05) is 18.3 Å². The van der Waals surface area contributed by atoms with E-state index in [9.17, 15) is 0 Å². The second-order valence-corrected chi connectivity index (χ2v) is 4.71. The summed E-state index contributed by atoms with van der Waals surface area (Å²) in [4.78, 5) is 0. The van der Waals surface area contributed by atoms with Crippen molar-refractivity contribution < 1.29 is 0 Å². The third-order valence-electron chi connectivity index (χ3n) is 3.55. The van der Waals surface area contributed by atoms with Crippen LogP contribution in [0.4, 0.5) is 0 Å². The molecule has 1 aromatic heterocycles. The standard InChI is InChI=1S/C14H15N3/c15-8-11-1-2-13-4-6-17(14(13)7-11)5-3-12-9-16-10-12/h1-2,4,6-7,12,16H,3,5,9-10H2. The largest absolute Gasteiger partial charge is 0.347 e. The summed E-state index contributed by atoms with van der Waals surface area (Å²) in [7, 11) is 0. The van der Waals surface area contributed by atoms with Crippen LogP contribution >= 0.6 is 0 Å². The first kappa shape index (κ1) is 10.4. The molecule has 0 aliphatic carbocycles. The Kier molecular flexibility index (Phi) is 2.58. The molecular formula is C14H15N3. The van der Waals surface area contributed by atoms with Crippen LogP contribution in [0.2, 0.25) is 0 Å². The number of nitrogens with zero attached hydrogens (tertiary/aromatic N) is 2. The molecule has 3 nitrogen and oxygen atoms in total. The minimum absolute atomic E-state index is 0.739. The summed E-state index contributed by atoms with van der Waals surface area (Å²) in [5, 5.41) is 13.4. The number of rotatable bonds is 3. The van der Waals surface area contributed by atoms with Gasteiger partial charge in [-0.2, -0.15) is 5.26 Å². The van der Waals surface area contributed by atoms with Gasteiger partial charge >= 0.3 is 0 Å². The lowest BCUT2D eigenvalue weighted by Crippen LogP contribution is -2.42. The van der Waals surface area contributed by atoms with Gasteiger partial charge in [-0.1, -0.05) is 6.07 Å². The van der Waals surface area contributed by atoms with E-state index in [1.54, 1.807) is 0 Å². The van der Waals surface area contributed by atoms with Crippen molar-refractivity contribution in [3.63, 3.8) is 0 Å². The van der Waals surface area contributed by atoms with Gasteiger partial charge < -0.3 is 9.88 Å². The molecule has 0 bridgehead atoms. The zero-order valence-electron chi connectivity index (χ0n) is 9.69. The Balaban J connectivity index is 1.85. The van der Waals surface area contributed by atoms with Crippen molar-refractivity contribution in [2.75, 3.05) is 13.1 Å². The fourth-order valence-electron chi connectivity index (χ4n) is 2.32. The minimum Gasteiger partial charge on any atom is -0.347 e. The Bertz CT molecular complexity index is 573. The third kappa shape index (κ3) is 1.92. The van der Waals surface area contributed by atoms with Crippen molar-refractivity contribution in [2.24, 2.45) is 5.92 Å². The molecule has 0 amide bonds. The summed E-state index contributed by atoms with van der Waals surface area (Å²) in [6.45, 7) is 3.36. The molecule has 17 heavy (non-hydrogen) atoms. The zero-order chi connectivity index (χ0) is 11.7. The van der Waals surface area contributed by atoms with E-state index in [4.69, 9.17) is 5.26 Å². The summed E-state index contributed by atoms with van der Waals surface area (Å²) in [5.41, 5.74) is 1.92. The molecule has 3 rings (SSSR count). The molecule has 1 saturated heterocycles. The van der Waals surface area contributed by atoms with Crippen LogP contribution in [0.3, 0.4) is 0 Å². The Labute approximate surface area is 101 Å². The average molecular weight is 225 g/mol. The van der Waals surface area contributed by atoms with E-state index >= 15 is 0 Å². The highest BCUT2D eigenvalue weighted by Gasteiger charge is 2.16. The van der Waals surface area contributed by atoms with Gasteiger partial charge in [-0.15, -0.1) is 0 Å². The van der Waals surface area contributed by atoms with Gasteiger partial charge in [0.1, 0.15) is 0 Å². The second kappa shape index (κ2) is 4.23. The number of hydrogen-bond acceptors (Lipinski definition) is 2. The predicted octanol–water partition coefficient (Wildman–Crippen LogP) is 2.12. The van der Waals surface area contributed by atoms with Gasteiger partial charge in [-0.25, -0.2) is 0 Å². The van der Waals surface area contributed by atoms with Crippen molar-refractivity contribution in [3.05, 3.63) is 36.0 Å². The van der Waals surface area contributed by atoms with E-state index in [2.05, 4.69) is 28.2 Å². The highest BCUT2D eigenvalue weighted by atomic mass is 15.0. The Morgan fingerprint density at radius 2 is 2.24 bits per heavy atom. The van der Waals surface area contributed by atoms with E-state index in [1.807, 2.05) is 18.2 Å². The molecule has 1 aliphatic rings. The number of hydrogen-bond donors (Lipinski definition) is 1. The molecule has 0 unspecified atom stereocenters. The van der Waals surface area contributed by atoms with Gasteiger partial charge in [-0.05, 0) is 49.0 Å². The summed E-state index contributed by atoms with van der Waals surface area (Å²) in [6.07, 6.45) is 3.34. The average Bonchev–Trinajstić information content (AvgIpc) is 2.69. The molecule has 0 spiro atoms. The van der Waals surface area contributed by atoms with Crippen molar-refractivity contribution >= 4 is 10.9 Å². The van der Waals surface area contributed by atoms with E-state index in [1.165, 1.54) is 17.3 Å². The summed E-state index contributed by atoms with van der Waals surface area (Å²) < 4.78 is 2.26. The number of benzene rings is 1. The lowest BCUT2D eigenvalue weighted by molar-refractivity contribution is 0.313. The highest BCUT2D eigenvalue weighted by Crippen LogP contribution is 2.19. The van der Waals surface area contributed by atoms with Gasteiger partial charge in [0.25, 0.3) is 0 Å². The minimum atomic E-state index is 0.739. The maximum atomic E-state index is 8.92. The first-order chi connectivity index (χ1) is 8.36. The predicted molar refractivity (Wildman–Crippen MR) is 67.6 cm³/mol. The van der Waals surface area contributed by atoms with Gasteiger partial charge in [0.15, 0.2) is 0 Å². The molecule has 1 N–H and O–H groups in total. The number of aryl methyl sites for hydroxylation is 1. The highest BCUT2D eigenvalue weighted by molar-refractivity contribution is 5.81. The number of nitrogens with one attached hydrogen (secondary N) is 1. The molecule has 0 radical (unpaired) electrons. The second-order valence-electron chi connectivity index (χ2n) is 4.71. The van der Waals surface area contributed by atoms with Crippen LogP contribution in [0.5, 0.6) is 0 Å². The normalized spacial score (nSPS) is 15.7. The summed E-state index contributed by atoms with van der Waals surface area (Å²) in [5.74, 6) is 0.826. The van der Waals surface area contributed by atoms with E-state index in [-0.39, 0.29) is 0 Å². The quantitative estimate of drug-likeness (QED) is 0.869. The molecule has 3 heteroatoms. The summed E-state index contributed by atoms with van der Waals surface area (Å²) >= 11 is 0. The van der Waals surface area contributed by atoms with Gasteiger partial charge in [0.05, 0.1) is 11.6 Å². The molecule has 1 aromatic carbocycles. The smallest absolute Gasteiger partial charge is 0.0992 e. The molecule has 2 aromatic rings. The molecule has 1 aliphatic heterocycles. The van der Waals surface area contributed by atoms with Crippen molar-refractivity contribution in [1.82, 2.24) is 9.88 Å². The Hall–Kier alpha value is -1.79. The van der Waals surface area contributed by atoms with E-state index < -0.39 is 0 Å². The van der Waals surface area contributed by atoms with Gasteiger partial charge in [0.2, 0.25) is 0 Å². The van der Waals surface area contributed by atoms with Crippen LogP contribution in [0.25, 0.3) is 10.9 Å². The first-order valence-corrected chi connectivity index (χ1v) is 6.06. The first-order valence-electron chi connectivity index (χ1n) is 6.06. The maximum absolute atomic E-state index is 8.92. The summed E-state index contributed by atoms with van der Waals surface area (Å²) in [6, 6.07) is 10.2. The number of fused-ring (bicyclic) bond motifs is 1. The molecule has 1 fully saturated rings. The van der Waals surface area contributed by atoms with Crippen LogP contribution in [0, 0.1) is 17.2 Å². The molecule has 0 saturated carbocycles. The Morgan fingerprint density at radius 1 is 1.35 bits per heavy atom. The van der Waals surface area contributed by atoms with E-state index in [0.29, 0.717) is 0 Å².